The van der Waals surface area contributed by atoms with Gasteiger partial charge in [-0.1, -0.05) is 70.2 Å². The van der Waals surface area contributed by atoms with Crippen molar-refractivity contribution in [3.05, 3.63) is 71.6 Å². The van der Waals surface area contributed by atoms with Crippen molar-refractivity contribution in [2.24, 2.45) is 11.8 Å². The quantitative estimate of drug-likeness (QED) is 0.651. The smallest absolute Gasteiger partial charge is 0.336 e. The van der Waals surface area contributed by atoms with Crippen LogP contribution in [0.3, 0.4) is 0 Å². The van der Waals surface area contributed by atoms with Crippen LogP contribution >= 0.6 is 0 Å². The number of hydrogen-bond donors (Lipinski definition) is 2. The number of rotatable bonds is 8. The summed E-state index contributed by atoms with van der Waals surface area (Å²) in [4.78, 5) is 11.5. The van der Waals surface area contributed by atoms with Crippen molar-refractivity contribution in [1.82, 2.24) is 15.6 Å². The Labute approximate surface area is 173 Å². The van der Waals surface area contributed by atoms with Gasteiger partial charge in [-0.2, -0.15) is 0 Å². The average molecular weight is 394 g/mol. The van der Waals surface area contributed by atoms with E-state index in [1.165, 1.54) is 11.3 Å². The molecule has 0 bridgehead atoms. The Balaban J connectivity index is 1.75. The van der Waals surface area contributed by atoms with Gasteiger partial charge in [-0.05, 0) is 41.0 Å². The molecule has 1 heterocycles. The van der Waals surface area contributed by atoms with Gasteiger partial charge in [-0.15, -0.1) is 5.53 Å². The minimum Gasteiger partial charge on any atom is -0.478 e. The van der Waals surface area contributed by atoms with Gasteiger partial charge in [0.1, 0.15) is 0 Å². The first kappa shape index (κ1) is 20.9. The summed E-state index contributed by atoms with van der Waals surface area (Å²) in [7, 11) is 0. The third-order valence-corrected chi connectivity index (χ3v) is 4.84. The van der Waals surface area contributed by atoms with Crippen molar-refractivity contribution in [2.45, 2.75) is 40.7 Å². The highest BCUT2D eigenvalue weighted by Gasteiger charge is 2.22. The number of nitrogens with zero attached hydrogens (tertiary/aromatic N) is 2. The second-order valence-electron chi connectivity index (χ2n) is 8.50. The standard InChI is InChI=1S/C24H31N3O2/c1-17(2)13-21-16-26(14-18(3)4)25-27(21)15-19-9-11-20(12-10-19)22-7-5-6-8-23(22)24(28)29/h5-12,16-18,25H,13-15H2,1-4H3,(H,28,29). The van der Waals surface area contributed by atoms with Crippen molar-refractivity contribution >= 4 is 5.97 Å². The van der Waals surface area contributed by atoms with Crippen LogP contribution in [-0.4, -0.2) is 27.6 Å². The zero-order chi connectivity index (χ0) is 21.0. The number of aromatic carboxylic acids is 1. The zero-order valence-electron chi connectivity index (χ0n) is 17.7. The lowest BCUT2D eigenvalue weighted by atomic mass is 9.98. The van der Waals surface area contributed by atoms with Gasteiger partial charge >= 0.3 is 5.97 Å². The molecule has 5 heteroatoms. The second-order valence-corrected chi connectivity index (χ2v) is 8.50. The molecule has 1 aliphatic heterocycles. The molecule has 2 N–H and O–H groups in total. The number of allylic oxidation sites excluding steroid dienone is 1. The Morgan fingerprint density at radius 2 is 1.69 bits per heavy atom. The van der Waals surface area contributed by atoms with Crippen LogP contribution in [-0.2, 0) is 6.54 Å². The van der Waals surface area contributed by atoms with Gasteiger partial charge in [-0.25, -0.2) is 4.79 Å². The van der Waals surface area contributed by atoms with E-state index in [1.54, 1.807) is 12.1 Å². The summed E-state index contributed by atoms with van der Waals surface area (Å²) >= 11 is 0. The van der Waals surface area contributed by atoms with Crippen LogP contribution in [0.15, 0.2) is 60.4 Å². The molecular weight excluding hydrogens is 362 g/mol. The summed E-state index contributed by atoms with van der Waals surface area (Å²) in [5.41, 5.74) is 7.95. The molecule has 0 amide bonds. The summed E-state index contributed by atoms with van der Waals surface area (Å²) in [6, 6.07) is 15.3. The Morgan fingerprint density at radius 3 is 2.31 bits per heavy atom. The van der Waals surface area contributed by atoms with E-state index in [0.717, 1.165) is 30.6 Å². The van der Waals surface area contributed by atoms with E-state index in [0.29, 0.717) is 17.4 Å². The van der Waals surface area contributed by atoms with E-state index in [-0.39, 0.29) is 0 Å². The maximum atomic E-state index is 11.5. The minimum absolute atomic E-state index is 0.327. The number of carboxylic acids is 1. The van der Waals surface area contributed by atoms with Gasteiger partial charge < -0.3 is 5.11 Å². The Hall–Kier alpha value is -2.79. The Kier molecular flexibility index (Phi) is 6.60. The van der Waals surface area contributed by atoms with E-state index in [9.17, 15) is 9.90 Å². The van der Waals surface area contributed by atoms with E-state index < -0.39 is 5.97 Å². The van der Waals surface area contributed by atoms with E-state index in [2.05, 4.69) is 61.6 Å². The SMILES string of the molecule is CC(C)CC1=CN(CC(C)C)NN1Cc1ccc(-c2ccccc2C(=O)O)cc1. The summed E-state index contributed by atoms with van der Waals surface area (Å²) < 4.78 is 0. The van der Waals surface area contributed by atoms with Crippen LogP contribution in [0.25, 0.3) is 11.1 Å². The van der Waals surface area contributed by atoms with Crippen molar-refractivity contribution in [3.8, 4) is 11.1 Å². The number of nitrogens with one attached hydrogen (secondary N) is 1. The molecule has 0 aliphatic carbocycles. The molecule has 3 rings (SSSR count). The first-order chi connectivity index (χ1) is 13.8. The van der Waals surface area contributed by atoms with Gasteiger partial charge in [-0.3, -0.25) is 10.0 Å². The molecule has 0 fully saturated rings. The van der Waals surface area contributed by atoms with Crippen molar-refractivity contribution in [3.63, 3.8) is 0 Å². The fourth-order valence-corrected chi connectivity index (χ4v) is 3.60. The largest absolute Gasteiger partial charge is 0.478 e. The summed E-state index contributed by atoms with van der Waals surface area (Å²) in [6.07, 6.45) is 3.24. The normalized spacial score (nSPS) is 14.1. The predicted octanol–water partition coefficient (Wildman–Crippen LogP) is 5.13. The van der Waals surface area contributed by atoms with Gasteiger partial charge in [0.15, 0.2) is 0 Å². The first-order valence-corrected chi connectivity index (χ1v) is 10.3. The fourth-order valence-electron chi connectivity index (χ4n) is 3.60. The van der Waals surface area contributed by atoms with Gasteiger partial charge in [0.05, 0.1) is 12.1 Å². The molecule has 29 heavy (non-hydrogen) atoms. The summed E-state index contributed by atoms with van der Waals surface area (Å²) in [5.74, 6) is 0.256. The van der Waals surface area contributed by atoms with Crippen LogP contribution in [0.2, 0.25) is 0 Å². The molecule has 1 aliphatic rings. The molecule has 5 nitrogen and oxygen atoms in total. The lowest BCUT2D eigenvalue weighted by Crippen LogP contribution is -2.41. The van der Waals surface area contributed by atoms with Crippen molar-refractivity contribution < 1.29 is 9.90 Å². The number of hydrazine groups is 2. The average Bonchev–Trinajstić information content (AvgIpc) is 3.01. The maximum Gasteiger partial charge on any atom is 0.336 e. The molecular formula is C24H31N3O2. The van der Waals surface area contributed by atoms with E-state index in [1.807, 2.05) is 24.3 Å². The minimum atomic E-state index is -0.903. The van der Waals surface area contributed by atoms with Gasteiger partial charge in [0.2, 0.25) is 0 Å². The molecule has 154 valence electrons. The lowest BCUT2D eigenvalue weighted by molar-refractivity contribution is 0.0697. The predicted molar refractivity (Wildman–Crippen MR) is 117 cm³/mol. The van der Waals surface area contributed by atoms with Crippen LogP contribution in [0.1, 0.15) is 50.0 Å². The van der Waals surface area contributed by atoms with Crippen LogP contribution < -0.4 is 5.53 Å². The number of carboxylic acid groups (broad SMARTS) is 1. The summed E-state index contributed by atoms with van der Waals surface area (Å²) in [5, 5.41) is 13.8. The van der Waals surface area contributed by atoms with E-state index in [4.69, 9.17) is 0 Å². The molecule has 0 saturated carbocycles. The molecule has 0 radical (unpaired) electrons. The van der Waals surface area contributed by atoms with Crippen molar-refractivity contribution in [2.75, 3.05) is 6.54 Å². The molecule has 0 spiro atoms. The van der Waals surface area contributed by atoms with E-state index >= 15 is 0 Å². The third-order valence-electron chi connectivity index (χ3n) is 4.84. The molecule has 0 unspecified atom stereocenters. The lowest BCUT2D eigenvalue weighted by Gasteiger charge is -2.26. The Bertz CT molecular complexity index is 872. The number of carbonyl (C=O) groups is 1. The highest BCUT2D eigenvalue weighted by molar-refractivity contribution is 5.95. The van der Waals surface area contributed by atoms with Crippen LogP contribution in [0, 0.1) is 11.8 Å². The Morgan fingerprint density at radius 1 is 1.00 bits per heavy atom. The summed E-state index contributed by atoms with van der Waals surface area (Å²) in [6.45, 7) is 10.6. The molecule has 2 aromatic carbocycles. The van der Waals surface area contributed by atoms with Gasteiger partial charge in [0, 0.05) is 18.4 Å². The topological polar surface area (TPSA) is 55.8 Å². The zero-order valence-corrected chi connectivity index (χ0v) is 17.7. The van der Waals surface area contributed by atoms with Gasteiger partial charge in [0.25, 0.3) is 0 Å². The maximum absolute atomic E-state index is 11.5. The first-order valence-electron chi connectivity index (χ1n) is 10.3. The third kappa shape index (κ3) is 5.39. The van der Waals surface area contributed by atoms with Crippen molar-refractivity contribution in [1.29, 1.82) is 0 Å². The monoisotopic (exact) mass is 393 g/mol. The molecule has 0 saturated heterocycles. The molecule has 2 aromatic rings. The van der Waals surface area contributed by atoms with Crippen LogP contribution in [0.5, 0.6) is 0 Å². The van der Waals surface area contributed by atoms with Crippen LogP contribution in [0.4, 0.5) is 0 Å². The highest BCUT2D eigenvalue weighted by atomic mass is 16.4. The fraction of sp³-hybridized carbons (Fsp3) is 0.375. The molecule has 0 aromatic heterocycles. The highest BCUT2D eigenvalue weighted by Crippen LogP contribution is 2.26. The second kappa shape index (κ2) is 9.14. The number of benzene rings is 2. The molecule has 0 atom stereocenters. The number of hydrogen-bond acceptors (Lipinski definition) is 4.